The van der Waals surface area contributed by atoms with Gasteiger partial charge in [0.25, 0.3) is 0 Å². The molecule has 132 valence electrons. The van der Waals surface area contributed by atoms with Crippen molar-refractivity contribution >= 4 is 5.91 Å². The number of carbonyl (C=O) groups excluding carboxylic acids is 1. The Bertz CT molecular complexity index is 770. The van der Waals surface area contributed by atoms with Crippen LogP contribution in [-0.2, 0) is 11.2 Å². The Hall–Kier alpha value is -2.49. The maximum Gasteiger partial charge on any atom is 0.220 e. The van der Waals surface area contributed by atoms with Gasteiger partial charge in [-0.25, -0.2) is 0 Å². The maximum absolute atomic E-state index is 12.3. The van der Waals surface area contributed by atoms with Gasteiger partial charge in [0.2, 0.25) is 5.91 Å². The van der Waals surface area contributed by atoms with Crippen molar-refractivity contribution in [3.8, 4) is 11.5 Å². The van der Waals surface area contributed by atoms with Gasteiger partial charge < -0.3 is 14.8 Å². The van der Waals surface area contributed by atoms with E-state index in [2.05, 4.69) is 37.4 Å². The Kier molecular flexibility index (Phi) is 5.27. The Morgan fingerprint density at radius 2 is 1.80 bits per heavy atom. The van der Waals surface area contributed by atoms with E-state index in [1.165, 1.54) is 16.7 Å². The molecule has 1 atom stereocenters. The molecule has 4 heteroatoms. The smallest absolute Gasteiger partial charge is 0.220 e. The summed E-state index contributed by atoms with van der Waals surface area (Å²) in [6.07, 6.45) is 1.23. The van der Waals surface area contributed by atoms with Crippen LogP contribution in [0.15, 0.2) is 36.4 Å². The Morgan fingerprint density at radius 1 is 1.04 bits per heavy atom. The number of benzene rings is 2. The van der Waals surface area contributed by atoms with Gasteiger partial charge in [-0.05, 0) is 61.6 Å². The quantitative estimate of drug-likeness (QED) is 0.899. The minimum atomic E-state index is -0.0666. The minimum absolute atomic E-state index is 0.0561. The van der Waals surface area contributed by atoms with Gasteiger partial charge >= 0.3 is 0 Å². The zero-order valence-electron chi connectivity index (χ0n) is 15.1. The molecule has 0 bridgehead atoms. The first-order valence-corrected chi connectivity index (χ1v) is 8.78. The van der Waals surface area contributed by atoms with Gasteiger partial charge in [-0.1, -0.05) is 24.3 Å². The normalized spacial score (nSPS) is 14.0. The summed E-state index contributed by atoms with van der Waals surface area (Å²) < 4.78 is 11.1. The minimum Gasteiger partial charge on any atom is -0.486 e. The molecule has 0 radical (unpaired) electrons. The fourth-order valence-electron chi connectivity index (χ4n) is 2.94. The lowest BCUT2D eigenvalue weighted by Crippen LogP contribution is -2.27. The molecule has 1 aliphatic heterocycles. The third-order valence-corrected chi connectivity index (χ3v) is 4.66. The molecule has 0 aliphatic carbocycles. The van der Waals surface area contributed by atoms with Gasteiger partial charge in [-0.2, -0.15) is 0 Å². The highest BCUT2D eigenvalue weighted by molar-refractivity contribution is 5.76. The van der Waals surface area contributed by atoms with E-state index in [0.29, 0.717) is 19.6 Å². The van der Waals surface area contributed by atoms with Crippen LogP contribution < -0.4 is 14.8 Å². The van der Waals surface area contributed by atoms with Gasteiger partial charge in [0.1, 0.15) is 13.2 Å². The number of ether oxygens (including phenoxy) is 2. The molecular formula is C21H25NO3. The molecular weight excluding hydrogens is 314 g/mol. The van der Waals surface area contributed by atoms with Gasteiger partial charge in [0.15, 0.2) is 11.5 Å². The van der Waals surface area contributed by atoms with Crippen molar-refractivity contribution in [1.29, 1.82) is 0 Å². The topological polar surface area (TPSA) is 47.6 Å². The summed E-state index contributed by atoms with van der Waals surface area (Å²) >= 11 is 0. The zero-order valence-corrected chi connectivity index (χ0v) is 15.1. The van der Waals surface area contributed by atoms with Crippen LogP contribution >= 0.6 is 0 Å². The second-order valence-electron chi connectivity index (χ2n) is 6.61. The maximum atomic E-state index is 12.3. The lowest BCUT2D eigenvalue weighted by Gasteiger charge is -2.21. The van der Waals surface area contributed by atoms with Crippen LogP contribution in [0.1, 0.15) is 41.6 Å². The highest BCUT2D eigenvalue weighted by Gasteiger charge is 2.15. The molecule has 0 saturated heterocycles. The lowest BCUT2D eigenvalue weighted by molar-refractivity contribution is -0.121. The summed E-state index contributed by atoms with van der Waals surface area (Å²) in [7, 11) is 0. The summed E-state index contributed by atoms with van der Waals surface area (Å²) in [6.45, 7) is 7.33. The number of rotatable bonds is 5. The first kappa shape index (κ1) is 17.3. The van der Waals surface area contributed by atoms with Crippen molar-refractivity contribution in [1.82, 2.24) is 5.32 Å². The average molecular weight is 339 g/mol. The number of nitrogens with one attached hydrogen (secondary N) is 1. The van der Waals surface area contributed by atoms with Gasteiger partial charge in [0, 0.05) is 6.42 Å². The number of amides is 1. The molecule has 2 aromatic rings. The third kappa shape index (κ3) is 4.32. The summed E-state index contributed by atoms with van der Waals surface area (Å²) in [5.74, 6) is 1.57. The van der Waals surface area contributed by atoms with E-state index < -0.39 is 0 Å². The van der Waals surface area contributed by atoms with Gasteiger partial charge in [0.05, 0.1) is 6.04 Å². The van der Waals surface area contributed by atoms with Crippen LogP contribution in [0.3, 0.4) is 0 Å². The van der Waals surface area contributed by atoms with Crippen LogP contribution in [0.25, 0.3) is 0 Å². The molecule has 0 saturated carbocycles. The zero-order chi connectivity index (χ0) is 17.8. The molecule has 0 fully saturated rings. The summed E-state index contributed by atoms with van der Waals surface area (Å²) in [5, 5.41) is 3.06. The fourth-order valence-corrected chi connectivity index (χ4v) is 2.94. The number of hydrogen-bond acceptors (Lipinski definition) is 3. The van der Waals surface area contributed by atoms with E-state index in [9.17, 15) is 4.79 Å². The molecule has 1 N–H and O–H groups in total. The molecule has 4 nitrogen and oxygen atoms in total. The van der Waals surface area contributed by atoms with Crippen LogP contribution in [-0.4, -0.2) is 19.1 Å². The molecule has 25 heavy (non-hydrogen) atoms. The van der Waals surface area contributed by atoms with Crippen molar-refractivity contribution in [3.05, 3.63) is 58.7 Å². The SMILES string of the molecule is Cc1ccc(CCC(=O)N[C@@H](C)c2ccc3c(c2)OCCO3)cc1C. The van der Waals surface area contributed by atoms with Crippen LogP contribution in [0.2, 0.25) is 0 Å². The van der Waals surface area contributed by atoms with Gasteiger partial charge in [-0.3, -0.25) is 4.79 Å². The molecule has 0 unspecified atom stereocenters. The molecule has 1 aliphatic rings. The van der Waals surface area contributed by atoms with E-state index in [1.54, 1.807) is 0 Å². The molecule has 0 spiro atoms. The summed E-state index contributed by atoms with van der Waals surface area (Å²) in [6, 6.07) is 12.1. The molecule has 3 rings (SSSR count). The van der Waals surface area contributed by atoms with E-state index in [4.69, 9.17) is 9.47 Å². The monoisotopic (exact) mass is 339 g/mol. The van der Waals surface area contributed by atoms with Crippen molar-refractivity contribution < 1.29 is 14.3 Å². The molecule has 1 amide bonds. The van der Waals surface area contributed by atoms with Crippen LogP contribution in [0, 0.1) is 13.8 Å². The van der Waals surface area contributed by atoms with Crippen molar-refractivity contribution in [3.63, 3.8) is 0 Å². The van der Waals surface area contributed by atoms with Crippen molar-refractivity contribution in [2.24, 2.45) is 0 Å². The fraction of sp³-hybridized carbons (Fsp3) is 0.381. The number of hydrogen-bond donors (Lipinski definition) is 1. The Balaban J connectivity index is 1.56. The van der Waals surface area contributed by atoms with E-state index in [-0.39, 0.29) is 11.9 Å². The molecule has 1 heterocycles. The van der Waals surface area contributed by atoms with Crippen LogP contribution in [0.4, 0.5) is 0 Å². The third-order valence-electron chi connectivity index (χ3n) is 4.66. The average Bonchev–Trinajstić information content (AvgIpc) is 2.62. The second kappa shape index (κ2) is 7.60. The number of aryl methyl sites for hydroxylation is 3. The van der Waals surface area contributed by atoms with Crippen molar-refractivity contribution in [2.45, 2.75) is 39.7 Å². The van der Waals surface area contributed by atoms with E-state index in [0.717, 1.165) is 23.5 Å². The predicted molar refractivity (Wildman–Crippen MR) is 98.2 cm³/mol. The summed E-state index contributed by atoms with van der Waals surface area (Å²) in [5.41, 5.74) is 4.76. The standard InChI is InChI=1S/C21H25NO3/c1-14-4-5-17(12-15(14)2)6-9-21(23)22-16(3)18-7-8-19-20(13-18)25-11-10-24-19/h4-5,7-8,12-13,16H,6,9-11H2,1-3H3,(H,22,23)/t16-/m0/s1. The highest BCUT2D eigenvalue weighted by Crippen LogP contribution is 2.32. The second-order valence-corrected chi connectivity index (χ2v) is 6.61. The summed E-state index contributed by atoms with van der Waals surface area (Å²) in [4.78, 5) is 12.3. The van der Waals surface area contributed by atoms with Gasteiger partial charge in [-0.15, -0.1) is 0 Å². The largest absolute Gasteiger partial charge is 0.486 e. The van der Waals surface area contributed by atoms with Crippen molar-refractivity contribution in [2.75, 3.05) is 13.2 Å². The number of fused-ring (bicyclic) bond motifs is 1. The lowest BCUT2D eigenvalue weighted by atomic mass is 10.0. The molecule has 0 aromatic heterocycles. The number of carbonyl (C=O) groups is 1. The first-order valence-electron chi connectivity index (χ1n) is 8.78. The Morgan fingerprint density at radius 3 is 2.56 bits per heavy atom. The molecule has 2 aromatic carbocycles. The highest BCUT2D eigenvalue weighted by atomic mass is 16.6. The predicted octanol–water partition coefficient (Wildman–Crippen LogP) is 3.88. The van der Waals surface area contributed by atoms with E-state index >= 15 is 0 Å². The van der Waals surface area contributed by atoms with E-state index in [1.807, 2.05) is 25.1 Å². The van der Waals surface area contributed by atoms with Crippen LogP contribution in [0.5, 0.6) is 11.5 Å². The Labute approximate surface area is 149 Å². The first-order chi connectivity index (χ1) is 12.0.